The van der Waals surface area contributed by atoms with Gasteiger partial charge in [-0.2, -0.15) is 0 Å². The highest BCUT2D eigenvalue weighted by Crippen LogP contribution is 2.31. The molecule has 0 saturated heterocycles. The van der Waals surface area contributed by atoms with Crippen molar-refractivity contribution in [1.29, 1.82) is 0 Å². The van der Waals surface area contributed by atoms with Gasteiger partial charge in [-0.3, -0.25) is 0 Å². The second kappa shape index (κ2) is 8.28. The SMILES string of the molecule is [2H]C([2H])(Oc1ccc(Nc2ncnc3ccc(I)cc23)cc1Cl)c1cccc(F)c1. The van der Waals surface area contributed by atoms with Gasteiger partial charge in [0, 0.05) is 14.6 Å². The highest BCUT2D eigenvalue weighted by molar-refractivity contribution is 14.1. The Balaban J connectivity index is 1.59. The molecule has 0 bridgehead atoms. The van der Waals surface area contributed by atoms with Crippen LogP contribution in [0.5, 0.6) is 5.75 Å². The van der Waals surface area contributed by atoms with Crippen LogP contribution in [0, 0.1) is 9.39 Å². The zero-order valence-electron chi connectivity index (χ0n) is 16.3. The van der Waals surface area contributed by atoms with Gasteiger partial charge < -0.3 is 10.1 Å². The standard InChI is InChI=1S/C21H14ClFIN3O/c22-18-10-16(5-7-20(18)28-11-13-2-1-3-14(23)8-13)27-21-17-9-15(24)4-6-19(17)25-12-26-21/h1-10,12H,11H2,(H,25,26,27)/i11D2. The first-order valence-corrected chi connectivity index (χ1v) is 9.69. The number of aromatic nitrogens is 2. The van der Waals surface area contributed by atoms with E-state index in [1.54, 1.807) is 18.2 Å². The molecule has 0 amide bonds. The molecule has 0 aliphatic heterocycles. The molecule has 1 heterocycles. The van der Waals surface area contributed by atoms with E-state index in [4.69, 9.17) is 19.1 Å². The van der Waals surface area contributed by atoms with Crippen molar-refractivity contribution in [3.8, 4) is 5.75 Å². The number of benzene rings is 3. The summed E-state index contributed by atoms with van der Waals surface area (Å²) in [4.78, 5) is 8.57. The lowest BCUT2D eigenvalue weighted by Gasteiger charge is -2.12. The lowest BCUT2D eigenvalue weighted by atomic mass is 10.2. The minimum atomic E-state index is -2.25. The van der Waals surface area contributed by atoms with Crippen molar-refractivity contribution in [2.75, 3.05) is 5.32 Å². The van der Waals surface area contributed by atoms with Crippen LogP contribution in [0.3, 0.4) is 0 Å². The van der Waals surface area contributed by atoms with E-state index in [1.807, 2.05) is 18.2 Å². The summed E-state index contributed by atoms with van der Waals surface area (Å²) >= 11 is 8.55. The summed E-state index contributed by atoms with van der Waals surface area (Å²) < 4.78 is 36.2. The molecule has 3 aromatic carbocycles. The maximum atomic E-state index is 13.4. The van der Waals surface area contributed by atoms with E-state index >= 15 is 0 Å². The van der Waals surface area contributed by atoms with Crippen LogP contribution < -0.4 is 10.1 Å². The van der Waals surface area contributed by atoms with Crippen molar-refractivity contribution >= 4 is 56.6 Å². The highest BCUT2D eigenvalue weighted by Gasteiger charge is 2.08. The maximum absolute atomic E-state index is 13.4. The Kier molecular flexibility index (Phi) is 4.88. The number of ether oxygens (including phenoxy) is 1. The molecule has 28 heavy (non-hydrogen) atoms. The molecular weight excluding hydrogens is 492 g/mol. The van der Waals surface area contributed by atoms with E-state index in [-0.39, 0.29) is 16.3 Å². The molecule has 0 fully saturated rings. The third-order valence-corrected chi connectivity index (χ3v) is 4.86. The van der Waals surface area contributed by atoms with Crippen molar-refractivity contribution < 1.29 is 11.9 Å². The van der Waals surface area contributed by atoms with Gasteiger partial charge >= 0.3 is 0 Å². The lowest BCUT2D eigenvalue weighted by Crippen LogP contribution is -1.98. The Morgan fingerprint density at radius 2 is 2.00 bits per heavy atom. The van der Waals surface area contributed by atoms with Gasteiger partial charge in [0.25, 0.3) is 0 Å². The molecule has 0 aliphatic carbocycles. The number of nitrogens with one attached hydrogen (secondary N) is 1. The van der Waals surface area contributed by atoms with E-state index in [0.717, 1.165) is 20.5 Å². The van der Waals surface area contributed by atoms with Crippen molar-refractivity contribution in [3.63, 3.8) is 0 Å². The summed E-state index contributed by atoms with van der Waals surface area (Å²) in [6.07, 6.45) is 1.48. The average Bonchev–Trinajstić information content (AvgIpc) is 2.70. The molecule has 0 saturated carbocycles. The van der Waals surface area contributed by atoms with Crippen molar-refractivity contribution in [1.82, 2.24) is 9.97 Å². The molecule has 0 unspecified atom stereocenters. The fourth-order valence-electron chi connectivity index (χ4n) is 2.59. The molecule has 4 rings (SSSR count). The molecule has 4 nitrogen and oxygen atoms in total. The second-order valence-corrected chi connectivity index (χ2v) is 7.52. The molecule has 0 spiro atoms. The molecular formula is C21H14ClFIN3O. The summed E-state index contributed by atoms with van der Waals surface area (Å²) in [6.45, 7) is -2.25. The quantitative estimate of drug-likeness (QED) is 0.320. The summed E-state index contributed by atoms with van der Waals surface area (Å²) in [6, 6.07) is 15.9. The molecule has 4 aromatic rings. The normalized spacial score (nSPS) is 12.4. The number of nitrogens with zero attached hydrogens (tertiary/aromatic N) is 2. The summed E-state index contributed by atoms with van der Waals surface area (Å²) in [5, 5.41) is 4.27. The number of fused-ring (bicyclic) bond motifs is 1. The first-order valence-electron chi connectivity index (χ1n) is 9.24. The van der Waals surface area contributed by atoms with Crippen LogP contribution >= 0.6 is 34.2 Å². The number of rotatable bonds is 5. The van der Waals surface area contributed by atoms with Gasteiger partial charge in [0.2, 0.25) is 0 Å². The first-order chi connectivity index (χ1) is 14.3. The topological polar surface area (TPSA) is 47.0 Å². The summed E-state index contributed by atoms with van der Waals surface area (Å²) in [7, 11) is 0. The number of halogens is 3. The largest absolute Gasteiger partial charge is 0.487 e. The van der Waals surface area contributed by atoms with Gasteiger partial charge in [-0.05, 0) is 76.7 Å². The van der Waals surface area contributed by atoms with Crippen molar-refractivity contribution in [2.24, 2.45) is 0 Å². The fraction of sp³-hybridized carbons (Fsp3) is 0.0476. The van der Waals surface area contributed by atoms with Gasteiger partial charge in [0.05, 0.1) is 13.3 Å². The summed E-state index contributed by atoms with van der Waals surface area (Å²) in [5.74, 6) is 0.217. The Hall–Kier alpha value is -2.45. The van der Waals surface area contributed by atoms with Crippen LogP contribution in [0.25, 0.3) is 10.9 Å². The van der Waals surface area contributed by atoms with E-state index in [9.17, 15) is 4.39 Å². The van der Waals surface area contributed by atoms with Crippen LogP contribution in [0.15, 0.2) is 67.0 Å². The van der Waals surface area contributed by atoms with E-state index in [0.29, 0.717) is 11.5 Å². The Morgan fingerprint density at radius 1 is 1.11 bits per heavy atom. The highest BCUT2D eigenvalue weighted by atomic mass is 127. The molecule has 0 aliphatic rings. The van der Waals surface area contributed by atoms with Crippen LogP contribution in [-0.4, -0.2) is 9.97 Å². The average molecular weight is 508 g/mol. The Bertz CT molecular complexity index is 1240. The van der Waals surface area contributed by atoms with Crippen LogP contribution in [-0.2, 0) is 6.56 Å². The van der Waals surface area contributed by atoms with Crippen molar-refractivity contribution in [2.45, 2.75) is 6.56 Å². The molecule has 140 valence electrons. The van der Waals surface area contributed by atoms with Crippen LogP contribution in [0.1, 0.15) is 8.30 Å². The van der Waals surface area contributed by atoms with E-state index in [1.165, 1.54) is 24.5 Å². The first kappa shape index (κ1) is 16.5. The molecule has 1 N–H and O–H groups in total. The Morgan fingerprint density at radius 3 is 2.82 bits per heavy atom. The number of hydrogen-bond acceptors (Lipinski definition) is 4. The number of hydrogen-bond donors (Lipinski definition) is 1. The Labute approximate surface area is 182 Å². The second-order valence-electron chi connectivity index (χ2n) is 5.87. The third-order valence-electron chi connectivity index (χ3n) is 3.90. The molecule has 1 aromatic heterocycles. The van der Waals surface area contributed by atoms with Crippen LogP contribution in [0.4, 0.5) is 15.9 Å². The smallest absolute Gasteiger partial charge is 0.141 e. The zero-order chi connectivity index (χ0) is 21.3. The molecule has 7 heteroatoms. The van der Waals surface area contributed by atoms with Gasteiger partial charge in [-0.1, -0.05) is 23.7 Å². The molecule has 0 radical (unpaired) electrons. The maximum Gasteiger partial charge on any atom is 0.141 e. The zero-order valence-corrected chi connectivity index (χ0v) is 17.2. The van der Waals surface area contributed by atoms with Gasteiger partial charge in [-0.15, -0.1) is 0 Å². The predicted octanol–water partition coefficient (Wildman–Crippen LogP) is 6.35. The minimum Gasteiger partial charge on any atom is -0.487 e. The summed E-state index contributed by atoms with van der Waals surface area (Å²) in [5.41, 5.74) is 1.52. The van der Waals surface area contributed by atoms with Crippen LogP contribution in [0.2, 0.25) is 5.02 Å². The van der Waals surface area contributed by atoms with Gasteiger partial charge in [0.1, 0.15) is 30.3 Å². The monoisotopic (exact) mass is 507 g/mol. The van der Waals surface area contributed by atoms with Crippen molar-refractivity contribution in [3.05, 3.63) is 87.0 Å². The predicted molar refractivity (Wildman–Crippen MR) is 118 cm³/mol. The van der Waals surface area contributed by atoms with E-state index < -0.39 is 12.4 Å². The minimum absolute atomic E-state index is 0.0582. The van der Waals surface area contributed by atoms with Gasteiger partial charge in [-0.25, -0.2) is 14.4 Å². The third kappa shape index (κ3) is 4.34. The fourth-order valence-corrected chi connectivity index (χ4v) is 3.30. The lowest BCUT2D eigenvalue weighted by molar-refractivity contribution is 0.306. The molecule has 0 atom stereocenters. The van der Waals surface area contributed by atoms with Gasteiger partial charge in [0.15, 0.2) is 0 Å². The van der Waals surface area contributed by atoms with E-state index in [2.05, 4.69) is 37.9 Å². The number of anilines is 2.